The molecule has 2 heteroatoms. The molecule has 1 aliphatic carbocycles. The predicted molar refractivity (Wildman–Crippen MR) is 287 cm³/mol. The van der Waals surface area contributed by atoms with Crippen LogP contribution in [0.1, 0.15) is 41.7 Å². The smallest absolute Gasteiger partial charge is 0.0547 e. The Kier molecular flexibility index (Phi) is 10.5. The van der Waals surface area contributed by atoms with Crippen LogP contribution in [0, 0.1) is 20.8 Å². The predicted octanol–water partition coefficient (Wildman–Crippen LogP) is 18.2. The second kappa shape index (κ2) is 16.8. The maximum Gasteiger partial charge on any atom is 0.0547 e. The van der Waals surface area contributed by atoms with Gasteiger partial charge < -0.3 is 4.57 Å². The molecule has 318 valence electrons. The van der Waals surface area contributed by atoms with Crippen molar-refractivity contribution >= 4 is 64.1 Å². The molecule has 0 amide bonds. The molecule has 0 saturated carbocycles. The quantitative estimate of drug-likeness (QED) is 0.167. The molecule has 0 aliphatic heterocycles. The minimum absolute atomic E-state index is 0.151. The Morgan fingerprint density at radius 2 is 0.909 bits per heavy atom. The number of hydrogen-bond donors (Lipinski definition) is 0. The average molecular weight is 866 g/mol. The third kappa shape index (κ3) is 7.38. The van der Waals surface area contributed by atoms with E-state index in [1.807, 2.05) is 11.3 Å². The van der Waals surface area contributed by atoms with Crippen LogP contribution in [0.4, 0.5) is 0 Å². The number of benzene rings is 10. The van der Waals surface area contributed by atoms with Crippen molar-refractivity contribution in [2.75, 3.05) is 0 Å². The van der Waals surface area contributed by atoms with Gasteiger partial charge in [0.2, 0.25) is 0 Å². The molecular weight excluding hydrogens is 815 g/mol. The summed E-state index contributed by atoms with van der Waals surface area (Å²) in [5, 5.41) is 7.92. The van der Waals surface area contributed by atoms with E-state index in [0.29, 0.717) is 0 Å². The van der Waals surface area contributed by atoms with Gasteiger partial charge in [-0.1, -0.05) is 200 Å². The molecular formula is C64H51NS. The van der Waals surface area contributed by atoms with Gasteiger partial charge in [0, 0.05) is 42.0 Å². The molecule has 1 nitrogen and oxygen atoms in total. The summed E-state index contributed by atoms with van der Waals surface area (Å²) < 4.78 is 5.11. The lowest BCUT2D eigenvalue weighted by Gasteiger charge is -2.21. The molecule has 1 aliphatic rings. The SMILES string of the molecule is Cc1ccc(-c2ccc3c(c2)c2c4ccccc4ccc2n3-c2ccccc2)cc1.Cc1ccc(-c2ccc3sc4ccccc4c3c2)cc1.Cc1ccc2c(c1)C(C)(C)c1ccccc1-2. The summed E-state index contributed by atoms with van der Waals surface area (Å²) in [6.07, 6.45) is 0. The van der Waals surface area contributed by atoms with Crippen LogP contribution in [0.5, 0.6) is 0 Å². The largest absolute Gasteiger partial charge is 0.309 e. The first kappa shape index (κ1) is 41.2. The third-order valence-corrected chi connectivity index (χ3v) is 14.7. The number of aryl methyl sites for hydroxylation is 3. The Labute approximate surface area is 391 Å². The van der Waals surface area contributed by atoms with Crippen LogP contribution in [0.25, 0.3) is 91.8 Å². The molecule has 0 unspecified atom stereocenters. The number of thiophene rings is 1. The van der Waals surface area contributed by atoms with E-state index in [-0.39, 0.29) is 5.41 Å². The summed E-state index contributed by atoms with van der Waals surface area (Å²) in [4.78, 5) is 0. The molecule has 0 saturated heterocycles. The number of rotatable bonds is 3. The zero-order valence-electron chi connectivity index (χ0n) is 38.1. The van der Waals surface area contributed by atoms with E-state index in [4.69, 9.17) is 0 Å². The van der Waals surface area contributed by atoms with Crippen LogP contribution in [0.15, 0.2) is 218 Å². The summed E-state index contributed by atoms with van der Waals surface area (Å²) in [7, 11) is 0. The van der Waals surface area contributed by atoms with Gasteiger partial charge >= 0.3 is 0 Å². The third-order valence-electron chi connectivity index (χ3n) is 13.6. The number of hydrogen-bond acceptors (Lipinski definition) is 1. The fourth-order valence-electron chi connectivity index (χ4n) is 10.0. The van der Waals surface area contributed by atoms with Gasteiger partial charge in [0.15, 0.2) is 0 Å². The minimum atomic E-state index is 0.151. The van der Waals surface area contributed by atoms with E-state index < -0.39 is 0 Å². The maximum absolute atomic E-state index is 2.38. The molecule has 66 heavy (non-hydrogen) atoms. The van der Waals surface area contributed by atoms with Gasteiger partial charge in [-0.25, -0.2) is 0 Å². The van der Waals surface area contributed by atoms with Gasteiger partial charge in [-0.05, 0) is 125 Å². The lowest BCUT2D eigenvalue weighted by atomic mass is 9.82. The highest BCUT2D eigenvalue weighted by Crippen LogP contribution is 2.48. The second-order valence-corrected chi connectivity index (χ2v) is 19.4. The van der Waals surface area contributed by atoms with Gasteiger partial charge in [0.25, 0.3) is 0 Å². The van der Waals surface area contributed by atoms with Crippen LogP contribution < -0.4 is 0 Å². The number of para-hydroxylation sites is 1. The second-order valence-electron chi connectivity index (χ2n) is 18.3. The van der Waals surface area contributed by atoms with E-state index >= 15 is 0 Å². The Balaban J connectivity index is 0.000000116. The molecule has 12 aromatic rings. The topological polar surface area (TPSA) is 4.93 Å². The molecule has 13 rings (SSSR count). The first-order chi connectivity index (χ1) is 32.2. The van der Waals surface area contributed by atoms with Crippen molar-refractivity contribution < 1.29 is 0 Å². The highest BCUT2D eigenvalue weighted by atomic mass is 32.1. The van der Waals surface area contributed by atoms with Crippen molar-refractivity contribution in [3.63, 3.8) is 0 Å². The summed E-state index contributed by atoms with van der Waals surface area (Å²) in [5.74, 6) is 0. The fourth-order valence-corrected chi connectivity index (χ4v) is 11.1. The Morgan fingerprint density at radius 3 is 1.65 bits per heavy atom. The Morgan fingerprint density at radius 1 is 0.364 bits per heavy atom. The van der Waals surface area contributed by atoms with Gasteiger partial charge in [0.05, 0.1) is 11.0 Å². The number of fused-ring (bicyclic) bond motifs is 11. The van der Waals surface area contributed by atoms with Crippen LogP contribution in [-0.4, -0.2) is 4.57 Å². The molecule has 10 aromatic carbocycles. The van der Waals surface area contributed by atoms with Crippen molar-refractivity contribution in [2.24, 2.45) is 0 Å². The van der Waals surface area contributed by atoms with Gasteiger partial charge in [-0.2, -0.15) is 0 Å². The van der Waals surface area contributed by atoms with Crippen molar-refractivity contribution in [1.29, 1.82) is 0 Å². The normalized spacial score (nSPS) is 12.4. The van der Waals surface area contributed by atoms with E-state index in [2.05, 4.69) is 258 Å². The molecule has 0 spiro atoms. The van der Waals surface area contributed by atoms with Gasteiger partial charge in [-0.15, -0.1) is 11.3 Å². The molecule has 2 aromatic heterocycles. The first-order valence-electron chi connectivity index (χ1n) is 23.0. The van der Waals surface area contributed by atoms with Crippen LogP contribution in [0.3, 0.4) is 0 Å². The van der Waals surface area contributed by atoms with E-state index in [9.17, 15) is 0 Å². The van der Waals surface area contributed by atoms with Crippen LogP contribution >= 0.6 is 11.3 Å². The minimum Gasteiger partial charge on any atom is -0.309 e. The molecule has 0 bridgehead atoms. The lowest BCUT2D eigenvalue weighted by molar-refractivity contribution is 0.660. The lowest BCUT2D eigenvalue weighted by Crippen LogP contribution is -2.14. The van der Waals surface area contributed by atoms with Crippen LogP contribution in [0.2, 0.25) is 0 Å². The molecule has 0 N–H and O–H groups in total. The highest BCUT2D eigenvalue weighted by Gasteiger charge is 2.34. The van der Waals surface area contributed by atoms with Crippen LogP contribution in [-0.2, 0) is 5.41 Å². The number of aromatic nitrogens is 1. The van der Waals surface area contributed by atoms with Gasteiger partial charge in [-0.3, -0.25) is 0 Å². The zero-order valence-corrected chi connectivity index (χ0v) is 39.0. The average Bonchev–Trinajstić information content (AvgIpc) is 3.97. The van der Waals surface area contributed by atoms with E-state index in [1.165, 1.54) is 120 Å². The summed E-state index contributed by atoms with van der Waals surface area (Å²) in [5.41, 5.74) is 18.6. The standard InChI is InChI=1S/C29H21N.C19H14S.C16H16/c1-20-11-13-21(14-12-20)23-16-17-27-26(19-23)29-25-10-6-5-7-22(25)15-18-28(29)30(27)24-8-3-2-4-9-24;1-13-6-8-14(9-7-13)15-10-11-19-17(12-15)16-4-2-3-5-18(16)20-19;1-11-8-9-13-12-6-4-5-7-14(12)16(2,3)15(13)10-11/h2-19H,1H3;2-12H,1H3;4-10H,1-3H3. The Hall–Kier alpha value is -7.52. The highest BCUT2D eigenvalue weighted by molar-refractivity contribution is 7.25. The van der Waals surface area contributed by atoms with Crippen molar-refractivity contribution in [2.45, 2.75) is 40.0 Å². The summed E-state index contributed by atoms with van der Waals surface area (Å²) in [6, 6.07) is 79.2. The van der Waals surface area contributed by atoms with Crippen molar-refractivity contribution in [1.82, 2.24) is 4.57 Å². The molecule has 0 fully saturated rings. The molecule has 2 heterocycles. The molecule has 0 atom stereocenters. The molecule has 0 radical (unpaired) electrons. The summed E-state index contributed by atoms with van der Waals surface area (Å²) >= 11 is 1.87. The maximum atomic E-state index is 2.38. The summed E-state index contributed by atoms with van der Waals surface area (Å²) in [6.45, 7) is 11.1. The van der Waals surface area contributed by atoms with Crippen molar-refractivity contribution in [3.05, 3.63) is 246 Å². The first-order valence-corrected chi connectivity index (χ1v) is 23.8. The van der Waals surface area contributed by atoms with E-state index in [0.717, 1.165) is 0 Å². The Bertz CT molecular complexity index is 3730. The van der Waals surface area contributed by atoms with Crippen molar-refractivity contribution in [3.8, 4) is 39.1 Å². The van der Waals surface area contributed by atoms with E-state index in [1.54, 1.807) is 0 Å². The number of nitrogens with zero attached hydrogens (tertiary/aromatic N) is 1. The monoisotopic (exact) mass is 865 g/mol. The fraction of sp³-hybridized carbons (Fsp3) is 0.0938. The zero-order chi connectivity index (χ0) is 44.9. The van der Waals surface area contributed by atoms with Gasteiger partial charge in [0.1, 0.15) is 0 Å².